The topological polar surface area (TPSA) is 64.7 Å². The summed E-state index contributed by atoms with van der Waals surface area (Å²) < 4.78 is 0. The first-order valence-electron chi connectivity index (χ1n) is 3.96. The molecule has 2 aromatic heterocycles. The molecule has 0 aliphatic heterocycles. The summed E-state index contributed by atoms with van der Waals surface area (Å²) in [7, 11) is 0. The largest absolute Gasteiger partial charge is 0.382 e. The number of hydrogen-bond donors (Lipinski definition) is 1. The second-order valence-corrected chi connectivity index (χ2v) is 3.01. The van der Waals surface area contributed by atoms with Gasteiger partial charge in [0.05, 0.1) is 5.69 Å². The molecule has 0 unspecified atom stereocenters. The van der Waals surface area contributed by atoms with Crippen LogP contribution in [0.3, 0.4) is 0 Å². The van der Waals surface area contributed by atoms with Crippen molar-refractivity contribution < 1.29 is 0 Å². The highest BCUT2D eigenvalue weighted by Crippen LogP contribution is 2.26. The van der Waals surface area contributed by atoms with Crippen LogP contribution in [0, 0.1) is 0 Å². The standard InChI is InChI=1S/C9H7ClN4/c10-7-8(13-5-14-9(7)11)6-3-1-2-4-12-6/h1-5H,(H2,11,13,14). The van der Waals surface area contributed by atoms with Gasteiger partial charge in [-0.25, -0.2) is 9.97 Å². The van der Waals surface area contributed by atoms with E-state index < -0.39 is 0 Å². The fourth-order valence-electron chi connectivity index (χ4n) is 1.06. The van der Waals surface area contributed by atoms with Crippen molar-refractivity contribution in [2.75, 3.05) is 5.73 Å². The lowest BCUT2D eigenvalue weighted by Crippen LogP contribution is -1.96. The number of hydrogen-bond acceptors (Lipinski definition) is 4. The van der Waals surface area contributed by atoms with Gasteiger partial charge in [0.25, 0.3) is 0 Å². The summed E-state index contributed by atoms with van der Waals surface area (Å²) in [5.41, 5.74) is 6.79. The van der Waals surface area contributed by atoms with E-state index in [9.17, 15) is 0 Å². The van der Waals surface area contributed by atoms with E-state index in [2.05, 4.69) is 15.0 Å². The van der Waals surface area contributed by atoms with Gasteiger partial charge >= 0.3 is 0 Å². The molecule has 0 aliphatic rings. The predicted molar refractivity (Wildman–Crippen MR) is 54.7 cm³/mol. The van der Waals surface area contributed by atoms with Gasteiger partial charge in [-0.3, -0.25) is 4.98 Å². The number of halogens is 1. The first kappa shape index (κ1) is 8.90. The zero-order valence-corrected chi connectivity index (χ0v) is 7.94. The van der Waals surface area contributed by atoms with E-state index in [4.69, 9.17) is 17.3 Å². The Morgan fingerprint density at radius 1 is 1.14 bits per heavy atom. The molecule has 2 N–H and O–H groups in total. The van der Waals surface area contributed by atoms with Crippen molar-refractivity contribution in [3.05, 3.63) is 35.7 Å². The van der Waals surface area contributed by atoms with Gasteiger partial charge in [0.15, 0.2) is 0 Å². The molecule has 0 aliphatic carbocycles. The van der Waals surface area contributed by atoms with Crippen molar-refractivity contribution in [3.8, 4) is 11.4 Å². The average Bonchev–Trinajstić information content (AvgIpc) is 2.23. The first-order chi connectivity index (χ1) is 6.79. The van der Waals surface area contributed by atoms with Gasteiger partial charge < -0.3 is 5.73 Å². The summed E-state index contributed by atoms with van der Waals surface area (Å²) in [5, 5.41) is 0.339. The van der Waals surface area contributed by atoms with Crippen LogP contribution in [0.5, 0.6) is 0 Å². The van der Waals surface area contributed by atoms with Gasteiger partial charge in [-0.05, 0) is 12.1 Å². The lowest BCUT2D eigenvalue weighted by atomic mass is 10.2. The summed E-state index contributed by atoms with van der Waals surface area (Å²) in [6.07, 6.45) is 3.04. The third-order valence-corrected chi connectivity index (χ3v) is 2.10. The van der Waals surface area contributed by atoms with E-state index in [1.807, 2.05) is 18.2 Å². The first-order valence-corrected chi connectivity index (χ1v) is 4.34. The second kappa shape index (κ2) is 3.59. The molecule has 4 nitrogen and oxygen atoms in total. The third-order valence-electron chi connectivity index (χ3n) is 1.72. The predicted octanol–water partition coefficient (Wildman–Crippen LogP) is 1.77. The highest BCUT2D eigenvalue weighted by molar-refractivity contribution is 6.35. The highest BCUT2D eigenvalue weighted by atomic mass is 35.5. The van der Waals surface area contributed by atoms with Crippen LogP contribution >= 0.6 is 11.6 Å². The minimum Gasteiger partial charge on any atom is -0.382 e. The van der Waals surface area contributed by atoms with Crippen LogP contribution in [-0.2, 0) is 0 Å². The molecule has 70 valence electrons. The Morgan fingerprint density at radius 2 is 2.00 bits per heavy atom. The maximum atomic E-state index is 5.94. The molecule has 0 amide bonds. The minimum atomic E-state index is 0.266. The third kappa shape index (κ3) is 1.52. The summed E-state index contributed by atoms with van der Waals surface area (Å²) in [4.78, 5) is 11.9. The van der Waals surface area contributed by atoms with E-state index in [-0.39, 0.29) is 5.82 Å². The minimum absolute atomic E-state index is 0.266. The maximum absolute atomic E-state index is 5.94. The monoisotopic (exact) mass is 206 g/mol. The summed E-state index contributed by atoms with van der Waals surface area (Å²) in [5.74, 6) is 0.266. The van der Waals surface area contributed by atoms with Crippen molar-refractivity contribution >= 4 is 17.4 Å². The van der Waals surface area contributed by atoms with Gasteiger partial charge in [0, 0.05) is 6.20 Å². The van der Waals surface area contributed by atoms with Crippen LogP contribution in [-0.4, -0.2) is 15.0 Å². The fourth-order valence-corrected chi connectivity index (χ4v) is 1.26. The Labute approximate surface area is 85.8 Å². The normalized spacial score (nSPS) is 10.1. The van der Waals surface area contributed by atoms with Crippen LogP contribution in [0.1, 0.15) is 0 Å². The molecule has 2 rings (SSSR count). The number of pyridine rings is 1. The summed E-state index contributed by atoms with van der Waals surface area (Å²) in [6.45, 7) is 0. The van der Waals surface area contributed by atoms with Crippen LogP contribution in [0.4, 0.5) is 5.82 Å². The molecular weight excluding hydrogens is 200 g/mol. The molecule has 0 aromatic carbocycles. The van der Waals surface area contributed by atoms with Crippen molar-refractivity contribution in [1.29, 1.82) is 0 Å². The molecule has 0 fully saturated rings. The SMILES string of the molecule is Nc1ncnc(-c2ccccn2)c1Cl. The number of nitrogens with two attached hydrogens (primary N) is 1. The lowest BCUT2D eigenvalue weighted by Gasteiger charge is -2.02. The molecule has 0 spiro atoms. The number of nitrogen functional groups attached to an aromatic ring is 1. The van der Waals surface area contributed by atoms with Crippen molar-refractivity contribution in [1.82, 2.24) is 15.0 Å². The quantitative estimate of drug-likeness (QED) is 0.773. The van der Waals surface area contributed by atoms with Crippen molar-refractivity contribution in [2.45, 2.75) is 0 Å². The van der Waals surface area contributed by atoms with Gasteiger partial charge in [-0.1, -0.05) is 17.7 Å². The Kier molecular flexibility index (Phi) is 2.28. The molecule has 0 radical (unpaired) electrons. The van der Waals surface area contributed by atoms with Crippen LogP contribution in [0.15, 0.2) is 30.7 Å². The highest BCUT2D eigenvalue weighted by Gasteiger charge is 2.08. The lowest BCUT2D eigenvalue weighted by molar-refractivity contribution is 1.16. The van der Waals surface area contributed by atoms with Crippen LogP contribution in [0.25, 0.3) is 11.4 Å². The molecule has 0 bridgehead atoms. The van der Waals surface area contributed by atoms with Crippen molar-refractivity contribution in [3.63, 3.8) is 0 Å². The average molecular weight is 207 g/mol. The molecule has 0 saturated heterocycles. The molecule has 5 heteroatoms. The van der Waals surface area contributed by atoms with E-state index in [1.165, 1.54) is 6.33 Å². The zero-order chi connectivity index (χ0) is 9.97. The Morgan fingerprint density at radius 3 is 2.71 bits per heavy atom. The van der Waals surface area contributed by atoms with Crippen LogP contribution in [0.2, 0.25) is 5.02 Å². The molecule has 2 heterocycles. The molecule has 14 heavy (non-hydrogen) atoms. The van der Waals surface area contributed by atoms with E-state index in [1.54, 1.807) is 6.20 Å². The van der Waals surface area contributed by atoms with Gasteiger partial charge in [-0.15, -0.1) is 0 Å². The Bertz CT molecular complexity index is 444. The number of anilines is 1. The van der Waals surface area contributed by atoms with Gasteiger partial charge in [0.1, 0.15) is 22.9 Å². The maximum Gasteiger partial charge on any atom is 0.146 e. The summed E-state index contributed by atoms with van der Waals surface area (Å²) in [6, 6.07) is 5.49. The number of nitrogens with zero attached hydrogens (tertiary/aromatic N) is 3. The van der Waals surface area contributed by atoms with Gasteiger partial charge in [-0.2, -0.15) is 0 Å². The molecule has 2 aromatic rings. The number of aromatic nitrogens is 3. The fraction of sp³-hybridized carbons (Fsp3) is 0. The molecular formula is C9H7ClN4. The number of rotatable bonds is 1. The Balaban J connectivity index is 2.58. The zero-order valence-electron chi connectivity index (χ0n) is 7.18. The van der Waals surface area contributed by atoms with Crippen LogP contribution < -0.4 is 5.73 Å². The molecule has 0 atom stereocenters. The van der Waals surface area contributed by atoms with Gasteiger partial charge in [0.2, 0.25) is 0 Å². The van der Waals surface area contributed by atoms with E-state index >= 15 is 0 Å². The molecule has 0 saturated carbocycles. The summed E-state index contributed by atoms with van der Waals surface area (Å²) >= 11 is 5.94. The van der Waals surface area contributed by atoms with E-state index in [0.717, 1.165) is 0 Å². The second-order valence-electron chi connectivity index (χ2n) is 2.64. The van der Waals surface area contributed by atoms with Crippen molar-refractivity contribution in [2.24, 2.45) is 0 Å². The van der Waals surface area contributed by atoms with E-state index in [0.29, 0.717) is 16.4 Å². The Hall–Kier alpha value is -1.68. The smallest absolute Gasteiger partial charge is 0.146 e.